The molecule has 2 aromatic heterocycles. The van der Waals surface area contributed by atoms with Gasteiger partial charge in [0.05, 0.1) is 6.42 Å². The normalized spacial score (nSPS) is 21.5. The molecule has 37 heavy (non-hydrogen) atoms. The van der Waals surface area contributed by atoms with E-state index in [2.05, 4.69) is 25.2 Å². The van der Waals surface area contributed by atoms with Crippen LogP contribution in [0.2, 0.25) is 0 Å². The standard InChI is InChI=1S/C27H36F3N5O2/c1-18(27(28,29)30)37-26-8-5-22-10-13-35(14-11-24(22)34-26)12-9-20-3-6-23(7-4-20)33-25(36)15-21-16-31-19(2)32-17-21/h5,8,16-18,20,23H,3-4,6-7,9-15H2,1-2H3,(H,33,36). The molecule has 0 bridgehead atoms. The molecule has 202 valence electrons. The summed E-state index contributed by atoms with van der Waals surface area (Å²) in [5.41, 5.74) is 2.75. The topological polar surface area (TPSA) is 80.2 Å². The number of pyridine rings is 1. The van der Waals surface area contributed by atoms with Gasteiger partial charge in [-0.15, -0.1) is 0 Å². The third kappa shape index (κ3) is 8.12. The van der Waals surface area contributed by atoms with Crippen molar-refractivity contribution < 1.29 is 22.7 Å². The molecule has 1 amide bonds. The molecule has 1 fully saturated rings. The van der Waals surface area contributed by atoms with Crippen LogP contribution >= 0.6 is 0 Å². The van der Waals surface area contributed by atoms with Crippen molar-refractivity contribution in [3.8, 4) is 5.88 Å². The van der Waals surface area contributed by atoms with Gasteiger partial charge in [0.2, 0.25) is 11.8 Å². The highest BCUT2D eigenvalue weighted by Crippen LogP contribution is 2.28. The van der Waals surface area contributed by atoms with Gasteiger partial charge in [-0.2, -0.15) is 13.2 Å². The number of ether oxygens (including phenoxy) is 1. The fourth-order valence-corrected chi connectivity index (χ4v) is 5.08. The third-order valence-corrected chi connectivity index (χ3v) is 7.43. The quantitative estimate of drug-likeness (QED) is 0.563. The monoisotopic (exact) mass is 519 g/mol. The molecule has 7 nitrogen and oxygen atoms in total. The number of fused-ring (bicyclic) bond motifs is 1. The highest BCUT2D eigenvalue weighted by Gasteiger charge is 2.38. The molecule has 1 aliphatic heterocycles. The van der Waals surface area contributed by atoms with E-state index in [0.717, 1.165) is 81.9 Å². The van der Waals surface area contributed by atoms with Crippen molar-refractivity contribution in [3.63, 3.8) is 0 Å². The zero-order valence-electron chi connectivity index (χ0n) is 21.6. The summed E-state index contributed by atoms with van der Waals surface area (Å²) in [7, 11) is 0. The summed E-state index contributed by atoms with van der Waals surface area (Å²) in [6.45, 7) is 5.57. The molecule has 1 N–H and O–H groups in total. The minimum absolute atomic E-state index is 0.0232. The molecular weight excluding hydrogens is 483 g/mol. The van der Waals surface area contributed by atoms with Gasteiger partial charge in [0.15, 0.2) is 6.10 Å². The second-order valence-electron chi connectivity index (χ2n) is 10.3. The van der Waals surface area contributed by atoms with Gasteiger partial charge in [0.25, 0.3) is 0 Å². The molecule has 0 spiro atoms. The van der Waals surface area contributed by atoms with Crippen LogP contribution in [0.5, 0.6) is 5.88 Å². The van der Waals surface area contributed by atoms with Gasteiger partial charge in [0, 0.05) is 49.7 Å². The number of alkyl halides is 3. The van der Waals surface area contributed by atoms with Crippen molar-refractivity contribution in [2.45, 2.75) is 83.5 Å². The average Bonchev–Trinajstić information content (AvgIpc) is 3.06. The molecule has 2 aliphatic rings. The zero-order valence-corrected chi connectivity index (χ0v) is 21.6. The fourth-order valence-electron chi connectivity index (χ4n) is 5.08. The van der Waals surface area contributed by atoms with E-state index in [-0.39, 0.29) is 17.8 Å². The van der Waals surface area contributed by atoms with E-state index in [1.165, 1.54) is 0 Å². The van der Waals surface area contributed by atoms with Crippen molar-refractivity contribution in [2.75, 3.05) is 19.6 Å². The summed E-state index contributed by atoms with van der Waals surface area (Å²) in [6, 6.07) is 3.62. The Morgan fingerprint density at radius 1 is 1.14 bits per heavy atom. The number of aromatic nitrogens is 3. The molecule has 4 rings (SSSR count). The lowest BCUT2D eigenvalue weighted by molar-refractivity contribution is -0.190. The lowest BCUT2D eigenvalue weighted by atomic mass is 9.84. The van der Waals surface area contributed by atoms with Gasteiger partial charge in [-0.05, 0) is 76.0 Å². The van der Waals surface area contributed by atoms with Crippen molar-refractivity contribution in [2.24, 2.45) is 5.92 Å². The van der Waals surface area contributed by atoms with Crippen LogP contribution in [0.3, 0.4) is 0 Å². The number of carbonyl (C=O) groups excluding carboxylic acids is 1. The van der Waals surface area contributed by atoms with Gasteiger partial charge in [-0.1, -0.05) is 6.07 Å². The first kappa shape index (κ1) is 27.3. The number of amides is 1. The molecule has 0 radical (unpaired) electrons. The van der Waals surface area contributed by atoms with E-state index in [0.29, 0.717) is 24.6 Å². The number of hydrogen-bond acceptors (Lipinski definition) is 6. The molecule has 0 saturated heterocycles. The lowest BCUT2D eigenvalue weighted by Crippen LogP contribution is -2.39. The summed E-state index contributed by atoms with van der Waals surface area (Å²) in [4.78, 5) is 27.5. The number of halogens is 3. The number of nitrogens with one attached hydrogen (secondary N) is 1. The smallest absolute Gasteiger partial charge is 0.425 e. The highest BCUT2D eigenvalue weighted by atomic mass is 19.4. The zero-order chi connectivity index (χ0) is 26.4. The molecule has 1 aliphatic carbocycles. The Hall–Kier alpha value is -2.75. The fraction of sp³-hybridized carbons (Fsp3) is 0.630. The second-order valence-corrected chi connectivity index (χ2v) is 10.3. The summed E-state index contributed by atoms with van der Waals surface area (Å²) in [5.74, 6) is 1.40. The van der Waals surface area contributed by atoms with Crippen molar-refractivity contribution in [1.29, 1.82) is 0 Å². The van der Waals surface area contributed by atoms with Gasteiger partial charge in [-0.3, -0.25) is 4.79 Å². The minimum Gasteiger partial charge on any atom is -0.465 e. The predicted molar refractivity (Wildman–Crippen MR) is 133 cm³/mol. The molecule has 1 unspecified atom stereocenters. The van der Waals surface area contributed by atoms with Gasteiger partial charge in [-0.25, -0.2) is 15.0 Å². The first-order valence-corrected chi connectivity index (χ1v) is 13.2. The maximum atomic E-state index is 12.8. The number of aryl methyl sites for hydroxylation is 1. The predicted octanol–water partition coefficient (Wildman–Crippen LogP) is 4.22. The number of nitrogens with zero attached hydrogens (tertiary/aromatic N) is 4. The molecule has 3 heterocycles. The van der Waals surface area contributed by atoms with E-state index in [1.54, 1.807) is 18.5 Å². The van der Waals surface area contributed by atoms with Crippen LogP contribution in [0.4, 0.5) is 13.2 Å². The largest absolute Gasteiger partial charge is 0.465 e. The SMILES string of the molecule is Cc1ncc(CC(=O)NC2CCC(CCN3CCc4ccc(OC(C)C(F)(F)F)nc4CC3)CC2)cn1. The van der Waals surface area contributed by atoms with Crippen LogP contribution in [0.15, 0.2) is 24.5 Å². The van der Waals surface area contributed by atoms with Crippen LogP contribution in [-0.4, -0.2) is 63.7 Å². The summed E-state index contributed by atoms with van der Waals surface area (Å²) >= 11 is 0. The Kier molecular flexibility index (Phi) is 9.00. The molecule has 1 atom stereocenters. The summed E-state index contributed by atoms with van der Waals surface area (Å²) in [6.07, 6.45) is 4.28. The number of rotatable bonds is 8. The van der Waals surface area contributed by atoms with Crippen LogP contribution < -0.4 is 10.1 Å². The van der Waals surface area contributed by atoms with E-state index in [1.807, 2.05) is 13.0 Å². The number of hydrogen-bond donors (Lipinski definition) is 1. The number of carbonyl (C=O) groups is 1. The van der Waals surface area contributed by atoms with E-state index in [4.69, 9.17) is 4.74 Å². The van der Waals surface area contributed by atoms with Gasteiger partial charge < -0.3 is 15.0 Å². The van der Waals surface area contributed by atoms with E-state index < -0.39 is 12.3 Å². The Morgan fingerprint density at radius 3 is 2.54 bits per heavy atom. The molecule has 0 aromatic carbocycles. The maximum Gasteiger partial charge on any atom is 0.425 e. The van der Waals surface area contributed by atoms with Crippen molar-refractivity contribution >= 4 is 5.91 Å². The first-order valence-electron chi connectivity index (χ1n) is 13.2. The lowest BCUT2D eigenvalue weighted by Gasteiger charge is -2.30. The van der Waals surface area contributed by atoms with Gasteiger partial charge in [0.1, 0.15) is 5.82 Å². The van der Waals surface area contributed by atoms with Crippen LogP contribution in [0, 0.1) is 12.8 Å². The Bertz CT molecular complexity index is 1040. The first-order chi connectivity index (χ1) is 17.7. The molecule has 10 heteroatoms. The summed E-state index contributed by atoms with van der Waals surface area (Å²) in [5, 5.41) is 3.17. The van der Waals surface area contributed by atoms with Crippen molar-refractivity contribution in [3.05, 3.63) is 47.2 Å². The highest BCUT2D eigenvalue weighted by molar-refractivity contribution is 5.78. The second kappa shape index (κ2) is 12.2. The van der Waals surface area contributed by atoms with Crippen LogP contribution in [0.25, 0.3) is 0 Å². The van der Waals surface area contributed by atoms with E-state index >= 15 is 0 Å². The Labute approximate surface area is 216 Å². The van der Waals surface area contributed by atoms with E-state index in [9.17, 15) is 18.0 Å². The van der Waals surface area contributed by atoms with Crippen molar-refractivity contribution in [1.82, 2.24) is 25.2 Å². The molecule has 1 saturated carbocycles. The van der Waals surface area contributed by atoms with Crippen LogP contribution in [-0.2, 0) is 24.1 Å². The minimum atomic E-state index is -4.41. The Balaban J connectivity index is 1.17. The summed E-state index contributed by atoms with van der Waals surface area (Å²) < 4.78 is 43.5. The van der Waals surface area contributed by atoms with Gasteiger partial charge >= 0.3 is 6.18 Å². The average molecular weight is 520 g/mol. The molecule has 2 aromatic rings. The Morgan fingerprint density at radius 2 is 1.84 bits per heavy atom. The molecular formula is C27H36F3N5O2. The maximum absolute atomic E-state index is 12.8. The third-order valence-electron chi connectivity index (χ3n) is 7.43. The van der Waals surface area contributed by atoms with Crippen LogP contribution in [0.1, 0.15) is 61.7 Å².